The molecule has 2 N–H and O–H groups in total. The summed E-state index contributed by atoms with van der Waals surface area (Å²) in [4.78, 5) is 37.6. The third-order valence-electron chi connectivity index (χ3n) is 6.00. The lowest BCUT2D eigenvalue weighted by Crippen LogP contribution is -2.50. The van der Waals surface area contributed by atoms with Gasteiger partial charge in [-0.15, -0.1) is 0 Å². The Morgan fingerprint density at radius 1 is 0.697 bits per heavy atom. The Morgan fingerprint density at radius 2 is 1.15 bits per heavy atom. The average molecular weight is 454 g/mol. The number of hydrogen-bond acceptors (Lipinski definition) is 5. The number of hydrogen-bond donors (Lipinski definition) is 2. The maximum atomic E-state index is 12.4. The van der Waals surface area contributed by atoms with E-state index >= 15 is 0 Å². The van der Waals surface area contributed by atoms with Crippen LogP contribution in [-0.2, 0) is 14.4 Å². The maximum absolute atomic E-state index is 12.4. The number of nitrogens with zero attached hydrogens (tertiary/aromatic N) is 3. The summed E-state index contributed by atoms with van der Waals surface area (Å²) in [6.07, 6.45) is 2.32. The number of piperazine rings is 1. The third-order valence-corrected chi connectivity index (χ3v) is 6.00. The summed E-state index contributed by atoms with van der Waals surface area (Å²) in [5.41, 5.74) is 2.68. The molecule has 2 saturated heterocycles. The van der Waals surface area contributed by atoms with Crippen molar-refractivity contribution in [1.82, 2.24) is 14.7 Å². The van der Waals surface area contributed by atoms with Crippen LogP contribution in [0.5, 0.6) is 0 Å². The summed E-state index contributed by atoms with van der Waals surface area (Å²) in [6.45, 7) is 6.36. The van der Waals surface area contributed by atoms with Crippen LogP contribution in [0.15, 0.2) is 60.7 Å². The second-order valence-electron chi connectivity index (χ2n) is 8.23. The van der Waals surface area contributed by atoms with E-state index in [1.165, 1.54) is 11.1 Å². The van der Waals surface area contributed by atoms with E-state index < -0.39 is 11.9 Å². The molecule has 2 aliphatic rings. The summed E-state index contributed by atoms with van der Waals surface area (Å²) in [5, 5.41) is 14.8. The molecule has 0 spiro atoms. The van der Waals surface area contributed by atoms with E-state index in [2.05, 4.69) is 70.5 Å². The van der Waals surface area contributed by atoms with Gasteiger partial charge in [0.25, 0.3) is 0 Å². The van der Waals surface area contributed by atoms with E-state index in [1.54, 1.807) is 0 Å². The van der Waals surface area contributed by atoms with Gasteiger partial charge in [-0.05, 0) is 24.0 Å². The van der Waals surface area contributed by atoms with Crippen LogP contribution in [0, 0.1) is 0 Å². The van der Waals surface area contributed by atoms with Crippen LogP contribution in [0.3, 0.4) is 0 Å². The van der Waals surface area contributed by atoms with E-state index in [0.717, 1.165) is 52.1 Å². The smallest absolute Gasteiger partial charge is 0.414 e. The van der Waals surface area contributed by atoms with Crippen molar-refractivity contribution in [3.63, 3.8) is 0 Å². The first-order chi connectivity index (χ1) is 16.0. The minimum atomic E-state index is -1.82. The van der Waals surface area contributed by atoms with Crippen molar-refractivity contribution in [3.8, 4) is 0 Å². The molecule has 0 bridgehead atoms. The molecule has 2 aliphatic heterocycles. The molecule has 176 valence electrons. The fourth-order valence-corrected chi connectivity index (χ4v) is 4.32. The molecule has 2 fully saturated rings. The highest BCUT2D eigenvalue weighted by atomic mass is 16.4. The van der Waals surface area contributed by atoms with Gasteiger partial charge >= 0.3 is 11.9 Å². The second kappa shape index (κ2) is 12.1. The van der Waals surface area contributed by atoms with Crippen molar-refractivity contribution in [1.29, 1.82) is 0 Å². The number of carbonyl (C=O) groups is 3. The molecule has 2 aromatic carbocycles. The van der Waals surface area contributed by atoms with Gasteiger partial charge in [0.2, 0.25) is 5.91 Å². The van der Waals surface area contributed by atoms with E-state index in [0.29, 0.717) is 12.5 Å². The number of aliphatic carboxylic acids is 2. The number of rotatable bonds is 5. The third kappa shape index (κ3) is 7.13. The summed E-state index contributed by atoms with van der Waals surface area (Å²) in [6, 6.07) is 21.8. The molecular weight excluding hydrogens is 422 g/mol. The Bertz CT molecular complexity index is 857. The minimum absolute atomic E-state index is 0.281. The van der Waals surface area contributed by atoms with Gasteiger partial charge in [0, 0.05) is 39.3 Å². The van der Waals surface area contributed by atoms with Crippen LogP contribution in [0.4, 0.5) is 0 Å². The van der Waals surface area contributed by atoms with Gasteiger partial charge in [-0.1, -0.05) is 60.7 Å². The largest absolute Gasteiger partial charge is 0.473 e. The average Bonchev–Trinajstić information content (AvgIpc) is 3.37. The molecule has 1 amide bonds. The first kappa shape index (κ1) is 24.4. The van der Waals surface area contributed by atoms with Gasteiger partial charge in [0.15, 0.2) is 0 Å². The Kier molecular flexibility index (Phi) is 8.97. The molecule has 33 heavy (non-hydrogen) atoms. The van der Waals surface area contributed by atoms with Crippen LogP contribution in [0.25, 0.3) is 0 Å². The van der Waals surface area contributed by atoms with Gasteiger partial charge in [-0.3, -0.25) is 14.6 Å². The zero-order valence-electron chi connectivity index (χ0n) is 18.7. The molecule has 8 nitrogen and oxygen atoms in total. The Hall–Kier alpha value is -3.23. The molecule has 0 aliphatic carbocycles. The van der Waals surface area contributed by atoms with Gasteiger partial charge < -0.3 is 15.1 Å². The molecule has 4 rings (SSSR count). The predicted molar refractivity (Wildman–Crippen MR) is 124 cm³/mol. The standard InChI is InChI=1S/C23H29N3O.C2H2O4/c27-22(25-13-7-8-14-25)19-24-15-17-26(18-16-24)23(20-9-3-1-4-10-20)21-11-5-2-6-12-21;3-1(4)2(5)6/h1-6,9-12,23H,7-8,13-19H2;(H,3,4)(H,5,6). The lowest BCUT2D eigenvalue weighted by Gasteiger charge is -2.39. The van der Waals surface area contributed by atoms with Crippen LogP contribution < -0.4 is 0 Å². The van der Waals surface area contributed by atoms with E-state index in [-0.39, 0.29) is 6.04 Å². The fraction of sp³-hybridized carbons (Fsp3) is 0.400. The van der Waals surface area contributed by atoms with Crippen molar-refractivity contribution in [2.45, 2.75) is 18.9 Å². The first-order valence-corrected chi connectivity index (χ1v) is 11.3. The number of benzene rings is 2. The summed E-state index contributed by atoms with van der Waals surface area (Å²) >= 11 is 0. The van der Waals surface area contributed by atoms with Crippen molar-refractivity contribution >= 4 is 17.8 Å². The van der Waals surface area contributed by atoms with Crippen LogP contribution >= 0.6 is 0 Å². The highest BCUT2D eigenvalue weighted by Crippen LogP contribution is 2.29. The molecule has 2 aromatic rings. The Labute approximate surface area is 194 Å². The molecule has 0 atom stereocenters. The topological polar surface area (TPSA) is 101 Å². The second-order valence-corrected chi connectivity index (χ2v) is 8.23. The van der Waals surface area contributed by atoms with Gasteiger partial charge in [-0.25, -0.2) is 9.59 Å². The molecule has 0 aromatic heterocycles. The van der Waals surface area contributed by atoms with E-state index in [9.17, 15) is 4.79 Å². The van der Waals surface area contributed by atoms with Crippen molar-refractivity contribution < 1.29 is 24.6 Å². The lowest BCUT2D eigenvalue weighted by atomic mass is 9.96. The Morgan fingerprint density at radius 3 is 1.58 bits per heavy atom. The van der Waals surface area contributed by atoms with Crippen LogP contribution in [0.1, 0.15) is 30.0 Å². The van der Waals surface area contributed by atoms with Gasteiger partial charge in [0.05, 0.1) is 12.6 Å². The minimum Gasteiger partial charge on any atom is -0.473 e. The molecule has 0 unspecified atom stereocenters. The molecular formula is C25H31N3O5. The highest BCUT2D eigenvalue weighted by molar-refractivity contribution is 6.27. The predicted octanol–water partition coefficient (Wildman–Crippen LogP) is 2.17. The van der Waals surface area contributed by atoms with E-state index in [1.807, 2.05) is 4.90 Å². The van der Waals surface area contributed by atoms with Crippen molar-refractivity contribution in [3.05, 3.63) is 71.8 Å². The SMILES string of the molecule is O=C(CN1CCN(C(c2ccccc2)c2ccccc2)CC1)N1CCCC1.O=C(O)C(=O)O. The molecule has 2 heterocycles. The number of carboxylic acid groups (broad SMARTS) is 2. The quantitative estimate of drug-likeness (QED) is 0.669. The van der Waals surface area contributed by atoms with Crippen LogP contribution in [0.2, 0.25) is 0 Å². The monoisotopic (exact) mass is 453 g/mol. The summed E-state index contributed by atoms with van der Waals surface area (Å²) in [5.74, 6) is -3.34. The molecule has 0 saturated carbocycles. The lowest BCUT2D eigenvalue weighted by molar-refractivity contribution is -0.159. The highest BCUT2D eigenvalue weighted by Gasteiger charge is 2.28. The number of carbonyl (C=O) groups excluding carboxylic acids is 1. The zero-order chi connectivity index (χ0) is 23.6. The van der Waals surface area contributed by atoms with Crippen LogP contribution in [-0.4, -0.2) is 88.6 Å². The number of likely N-dealkylation sites (tertiary alicyclic amines) is 1. The fourth-order valence-electron chi connectivity index (χ4n) is 4.32. The van der Waals surface area contributed by atoms with Gasteiger partial charge in [-0.2, -0.15) is 0 Å². The molecule has 8 heteroatoms. The summed E-state index contributed by atoms with van der Waals surface area (Å²) in [7, 11) is 0. The Balaban J connectivity index is 0.000000454. The van der Waals surface area contributed by atoms with Crippen molar-refractivity contribution in [2.75, 3.05) is 45.8 Å². The molecule has 0 radical (unpaired) electrons. The maximum Gasteiger partial charge on any atom is 0.414 e. The van der Waals surface area contributed by atoms with Gasteiger partial charge in [0.1, 0.15) is 0 Å². The van der Waals surface area contributed by atoms with Crippen molar-refractivity contribution in [2.24, 2.45) is 0 Å². The normalized spacial score (nSPS) is 16.8. The van der Waals surface area contributed by atoms with E-state index in [4.69, 9.17) is 19.8 Å². The number of amides is 1. The summed E-state index contributed by atoms with van der Waals surface area (Å²) < 4.78 is 0. The number of carboxylic acids is 2. The zero-order valence-corrected chi connectivity index (χ0v) is 18.7. The first-order valence-electron chi connectivity index (χ1n) is 11.3.